The van der Waals surface area contributed by atoms with Gasteiger partial charge in [0.25, 0.3) is 0 Å². The molecule has 1 aromatic heterocycles. The highest BCUT2D eigenvalue weighted by Crippen LogP contribution is 2.37. The van der Waals surface area contributed by atoms with E-state index < -0.39 is 0 Å². The number of benzene rings is 1. The summed E-state index contributed by atoms with van der Waals surface area (Å²) in [6.45, 7) is 0. The average molecular weight is 224 g/mol. The summed E-state index contributed by atoms with van der Waals surface area (Å²) in [5.74, 6) is 0.683. The molecule has 1 heterocycles. The fourth-order valence-electron chi connectivity index (χ4n) is 1.37. The molecule has 0 spiro atoms. The van der Waals surface area contributed by atoms with Crippen molar-refractivity contribution >= 4 is 40.3 Å². The van der Waals surface area contributed by atoms with E-state index in [1.165, 1.54) is 0 Å². The molecule has 0 fully saturated rings. The molecule has 0 aliphatic heterocycles. The van der Waals surface area contributed by atoms with E-state index in [0.717, 1.165) is 16.4 Å². The minimum atomic E-state index is 0.566. The van der Waals surface area contributed by atoms with Crippen LogP contribution in [0.2, 0.25) is 0 Å². The van der Waals surface area contributed by atoms with Crippen LogP contribution in [0.3, 0.4) is 0 Å². The van der Waals surface area contributed by atoms with Crippen LogP contribution < -0.4 is 4.74 Å². The molecule has 2 rings (SSSR count). The molecule has 0 radical (unpaired) electrons. The van der Waals surface area contributed by atoms with Crippen LogP contribution in [0.5, 0.6) is 5.75 Å². The minimum Gasteiger partial charge on any atom is -0.494 e. The van der Waals surface area contributed by atoms with Gasteiger partial charge in [0.15, 0.2) is 12.0 Å². The molecule has 0 saturated heterocycles. The summed E-state index contributed by atoms with van der Waals surface area (Å²) < 4.78 is 6.26. The Morgan fingerprint density at radius 3 is 3.00 bits per heavy atom. The highest BCUT2D eigenvalue weighted by Gasteiger charge is 2.11. The average Bonchev–Trinajstić information content (AvgIpc) is 2.64. The second kappa shape index (κ2) is 3.63. The van der Waals surface area contributed by atoms with Gasteiger partial charge in [0, 0.05) is 5.56 Å². The first-order chi connectivity index (χ1) is 6.77. The van der Waals surface area contributed by atoms with Crippen LogP contribution in [-0.2, 0) is 0 Å². The van der Waals surface area contributed by atoms with Crippen LogP contribution in [0.4, 0.5) is 0 Å². The van der Waals surface area contributed by atoms with Gasteiger partial charge in [-0.15, -0.1) is 24.0 Å². The maximum atomic E-state index is 10.8. The molecule has 0 unspecified atom stereocenters. The van der Waals surface area contributed by atoms with E-state index in [0.29, 0.717) is 16.2 Å². The zero-order valence-corrected chi connectivity index (χ0v) is 9.19. The number of ether oxygens (including phenoxy) is 1. The maximum Gasteiger partial charge on any atom is 0.151 e. The number of hydrogen-bond donors (Lipinski definition) is 1. The molecule has 0 saturated carbocycles. The second-order valence-electron chi connectivity index (χ2n) is 2.80. The van der Waals surface area contributed by atoms with E-state index >= 15 is 0 Å². The molecular formula is C10H8O2S2. The van der Waals surface area contributed by atoms with Crippen molar-refractivity contribution in [1.82, 2.24) is 0 Å². The zero-order chi connectivity index (χ0) is 10.1. The Bertz CT molecular complexity index is 488. The third-order valence-electron chi connectivity index (χ3n) is 2.03. The highest BCUT2D eigenvalue weighted by atomic mass is 32.1. The van der Waals surface area contributed by atoms with Crippen LogP contribution in [0.1, 0.15) is 10.4 Å². The third kappa shape index (κ3) is 1.31. The Morgan fingerprint density at radius 2 is 2.36 bits per heavy atom. The minimum absolute atomic E-state index is 0.566. The van der Waals surface area contributed by atoms with Gasteiger partial charge in [0.2, 0.25) is 0 Å². The van der Waals surface area contributed by atoms with E-state index in [2.05, 4.69) is 12.6 Å². The number of methoxy groups -OCH3 is 1. The summed E-state index contributed by atoms with van der Waals surface area (Å²) in [7, 11) is 1.59. The summed E-state index contributed by atoms with van der Waals surface area (Å²) in [6, 6.07) is 3.78. The molecule has 0 atom stereocenters. The number of rotatable bonds is 2. The predicted molar refractivity (Wildman–Crippen MR) is 61.0 cm³/mol. The van der Waals surface area contributed by atoms with Gasteiger partial charge in [-0.1, -0.05) is 0 Å². The topological polar surface area (TPSA) is 26.3 Å². The Balaban J connectivity index is 2.87. The molecule has 14 heavy (non-hydrogen) atoms. The monoisotopic (exact) mass is 224 g/mol. The van der Waals surface area contributed by atoms with Gasteiger partial charge in [-0.25, -0.2) is 0 Å². The molecule has 0 aliphatic carbocycles. The van der Waals surface area contributed by atoms with Gasteiger partial charge in [0.1, 0.15) is 0 Å². The summed E-state index contributed by atoms with van der Waals surface area (Å²) in [6.07, 6.45) is 0.794. The third-order valence-corrected chi connectivity index (χ3v) is 3.42. The van der Waals surface area contributed by atoms with Crippen molar-refractivity contribution in [2.45, 2.75) is 4.90 Å². The van der Waals surface area contributed by atoms with Gasteiger partial charge in [0.05, 0.1) is 16.7 Å². The molecule has 1 aromatic carbocycles. The van der Waals surface area contributed by atoms with Crippen LogP contribution >= 0.6 is 24.0 Å². The van der Waals surface area contributed by atoms with Crippen molar-refractivity contribution in [3.8, 4) is 5.75 Å². The van der Waals surface area contributed by atoms with Gasteiger partial charge < -0.3 is 4.74 Å². The smallest absolute Gasteiger partial charge is 0.151 e. The Morgan fingerprint density at radius 1 is 1.57 bits per heavy atom. The lowest BCUT2D eigenvalue weighted by atomic mass is 10.1. The fourth-order valence-corrected chi connectivity index (χ4v) is 2.67. The number of fused-ring (bicyclic) bond motifs is 1. The lowest BCUT2D eigenvalue weighted by Gasteiger charge is -2.06. The van der Waals surface area contributed by atoms with Gasteiger partial charge in [-0.3, -0.25) is 4.79 Å². The first-order valence-corrected chi connectivity index (χ1v) is 5.33. The molecule has 72 valence electrons. The molecule has 0 bridgehead atoms. The van der Waals surface area contributed by atoms with Crippen molar-refractivity contribution in [1.29, 1.82) is 0 Å². The number of aldehydes is 1. The quantitative estimate of drug-likeness (QED) is 0.627. The van der Waals surface area contributed by atoms with Crippen molar-refractivity contribution in [3.05, 3.63) is 23.1 Å². The summed E-state index contributed by atoms with van der Waals surface area (Å²) in [5.41, 5.74) is 0.566. The number of carbonyl (C=O) groups is 1. The molecule has 0 aliphatic rings. The van der Waals surface area contributed by atoms with E-state index in [1.807, 2.05) is 17.5 Å². The van der Waals surface area contributed by atoms with E-state index in [4.69, 9.17) is 4.74 Å². The van der Waals surface area contributed by atoms with E-state index in [-0.39, 0.29) is 0 Å². The first kappa shape index (κ1) is 9.55. The molecule has 2 nitrogen and oxygen atoms in total. The fraction of sp³-hybridized carbons (Fsp3) is 0.100. The summed E-state index contributed by atoms with van der Waals surface area (Å²) in [4.78, 5) is 11.4. The van der Waals surface area contributed by atoms with Crippen molar-refractivity contribution in [3.63, 3.8) is 0 Å². The number of thiol groups is 1. The maximum absolute atomic E-state index is 10.8. The van der Waals surface area contributed by atoms with Gasteiger partial charge in [-0.05, 0) is 22.9 Å². The lowest BCUT2D eigenvalue weighted by molar-refractivity contribution is 0.112. The zero-order valence-electron chi connectivity index (χ0n) is 7.48. The highest BCUT2D eigenvalue weighted by molar-refractivity contribution is 7.80. The van der Waals surface area contributed by atoms with Crippen molar-refractivity contribution < 1.29 is 9.53 Å². The van der Waals surface area contributed by atoms with Gasteiger partial charge in [-0.2, -0.15) is 0 Å². The summed E-state index contributed by atoms with van der Waals surface area (Å²) in [5, 5.41) is 2.99. The van der Waals surface area contributed by atoms with E-state index in [1.54, 1.807) is 18.4 Å². The predicted octanol–water partition coefficient (Wildman–Crippen LogP) is 3.01. The van der Waals surface area contributed by atoms with Gasteiger partial charge >= 0.3 is 0 Å². The second-order valence-corrected chi connectivity index (χ2v) is 4.17. The standard InChI is InChI=1S/C10H8O2S2/c1-12-8-9(13)7(5-11)4-6-2-3-14-10(6)8/h2-5,13H,1H3. The number of hydrogen-bond acceptors (Lipinski definition) is 4. The first-order valence-electron chi connectivity index (χ1n) is 4.00. The number of thiophene rings is 1. The Hall–Kier alpha value is -1.00. The molecular weight excluding hydrogens is 216 g/mol. The van der Waals surface area contributed by atoms with Crippen LogP contribution in [0.25, 0.3) is 10.1 Å². The van der Waals surface area contributed by atoms with Crippen molar-refractivity contribution in [2.24, 2.45) is 0 Å². The summed E-state index contributed by atoms with van der Waals surface area (Å²) >= 11 is 5.85. The number of carbonyl (C=O) groups excluding carboxylic acids is 1. The Kier molecular flexibility index (Phi) is 2.48. The largest absolute Gasteiger partial charge is 0.494 e. The lowest BCUT2D eigenvalue weighted by Crippen LogP contribution is -1.90. The van der Waals surface area contributed by atoms with E-state index in [9.17, 15) is 4.79 Å². The normalized spacial score (nSPS) is 10.4. The Labute approximate surface area is 90.9 Å². The molecule has 0 N–H and O–H groups in total. The molecule has 2 aromatic rings. The SMILES string of the molecule is COc1c(S)c(C=O)cc2ccsc12. The molecule has 4 heteroatoms. The van der Waals surface area contributed by atoms with Crippen LogP contribution in [-0.4, -0.2) is 13.4 Å². The molecule has 0 amide bonds. The van der Waals surface area contributed by atoms with Crippen LogP contribution in [0, 0.1) is 0 Å². The van der Waals surface area contributed by atoms with Crippen molar-refractivity contribution in [2.75, 3.05) is 7.11 Å². The van der Waals surface area contributed by atoms with Crippen LogP contribution in [0.15, 0.2) is 22.4 Å².